The topological polar surface area (TPSA) is 12.0 Å². The fourth-order valence-corrected chi connectivity index (χ4v) is 1.66. The van der Waals surface area contributed by atoms with Crippen LogP contribution in [0.1, 0.15) is 24.5 Å². The molecule has 0 aliphatic carbocycles. The van der Waals surface area contributed by atoms with Crippen LogP contribution in [0.5, 0.6) is 0 Å². The lowest BCUT2D eigenvalue weighted by Crippen LogP contribution is -2.27. The first-order chi connectivity index (χ1) is 8.47. The van der Waals surface area contributed by atoms with E-state index in [0.29, 0.717) is 18.4 Å². The molecule has 1 aromatic carbocycles. The Hall–Kier alpha value is -1.47. The second kappa shape index (κ2) is 6.46. The first-order valence-corrected chi connectivity index (χ1v) is 5.70. The third-order valence-corrected chi connectivity index (χ3v) is 2.67. The van der Waals surface area contributed by atoms with Crippen molar-refractivity contribution in [3.8, 4) is 11.8 Å². The zero-order valence-electron chi connectivity index (χ0n) is 10.4. The zero-order valence-corrected chi connectivity index (χ0v) is 10.4. The van der Waals surface area contributed by atoms with Gasteiger partial charge in [0.1, 0.15) is 0 Å². The predicted octanol–water partition coefficient (Wildman–Crippen LogP) is 3.25. The molecule has 4 heteroatoms. The average Bonchev–Trinajstić information content (AvgIpc) is 2.33. The van der Waals surface area contributed by atoms with E-state index in [1.165, 1.54) is 12.1 Å². The molecule has 0 amide bonds. The van der Waals surface area contributed by atoms with Crippen molar-refractivity contribution in [2.24, 2.45) is 0 Å². The molecular weight excluding hydrogens is 239 g/mol. The van der Waals surface area contributed by atoms with Crippen LogP contribution in [0.25, 0.3) is 0 Å². The predicted molar refractivity (Wildman–Crippen MR) is 66.1 cm³/mol. The van der Waals surface area contributed by atoms with Crippen LogP contribution in [0.2, 0.25) is 0 Å². The number of nitrogens with one attached hydrogen (secondary N) is 1. The molecule has 1 N–H and O–H groups in total. The molecule has 1 rings (SSSR count). The molecule has 0 bridgehead atoms. The molecule has 1 atom stereocenters. The molecule has 0 aliphatic heterocycles. The van der Waals surface area contributed by atoms with Crippen molar-refractivity contribution in [2.75, 3.05) is 7.05 Å². The summed E-state index contributed by atoms with van der Waals surface area (Å²) in [5, 5.41) is 3.06. The van der Waals surface area contributed by atoms with Gasteiger partial charge in [-0.2, -0.15) is 13.2 Å². The Labute approximate surface area is 105 Å². The Morgan fingerprint density at radius 1 is 1.33 bits per heavy atom. The van der Waals surface area contributed by atoms with E-state index in [1.807, 2.05) is 0 Å². The van der Waals surface area contributed by atoms with Gasteiger partial charge in [0.2, 0.25) is 0 Å². The molecular formula is C14H16F3N. The smallest absolute Gasteiger partial charge is 0.316 e. The molecule has 0 spiro atoms. The molecule has 0 radical (unpaired) electrons. The monoisotopic (exact) mass is 255 g/mol. The molecule has 0 aliphatic rings. The summed E-state index contributed by atoms with van der Waals surface area (Å²) in [5.74, 6) is 5.71. The number of halogens is 3. The molecule has 1 aromatic rings. The van der Waals surface area contributed by atoms with E-state index in [0.717, 1.165) is 6.07 Å². The van der Waals surface area contributed by atoms with Gasteiger partial charge in [0.15, 0.2) is 0 Å². The van der Waals surface area contributed by atoms with Crippen LogP contribution in [0, 0.1) is 11.8 Å². The first-order valence-electron chi connectivity index (χ1n) is 5.70. The van der Waals surface area contributed by atoms with Crippen molar-refractivity contribution in [1.82, 2.24) is 5.32 Å². The van der Waals surface area contributed by atoms with Gasteiger partial charge in [0.05, 0.1) is 5.56 Å². The van der Waals surface area contributed by atoms with Gasteiger partial charge in [-0.15, -0.1) is 11.8 Å². The summed E-state index contributed by atoms with van der Waals surface area (Å²) < 4.78 is 37.7. The molecule has 1 unspecified atom stereocenters. The molecule has 1 nitrogen and oxygen atoms in total. The number of hydrogen-bond acceptors (Lipinski definition) is 1. The summed E-state index contributed by atoms with van der Waals surface area (Å²) in [5.41, 5.74) is 0.0681. The highest BCUT2D eigenvalue weighted by Crippen LogP contribution is 2.29. The first kappa shape index (κ1) is 14.6. The molecule has 18 heavy (non-hydrogen) atoms. The summed E-state index contributed by atoms with van der Waals surface area (Å²) in [6.07, 6.45) is -3.12. The SMILES string of the molecule is CC#CCC(Cc1cccc(C(F)(F)F)c1)NC. The highest BCUT2D eigenvalue weighted by atomic mass is 19.4. The lowest BCUT2D eigenvalue weighted by atomic mass is 10.0. The van der Waals surface area contributed by atoms with Crippen molar-refractivity contribution in [1.29, 1.82) is 0 Å². The maximum absolute atomic E-state index is 12.6. The number of rotatable bonds is 4. The van der Waals surface area contributed by atoms with Gasteiger partial charge in [-0.25, -0.2) is 0 Å². The minimum Gasteiger partial charge on any atom is -0.316 e. The maximum atomic E-state index is 12.6. The van der Waals surface area contributed by atoms with Gasteiger partial charge in [-0.1, -0.05) is 18.2 Å². The molecule has 0 heterocycles. The summed E-state index contributed by atoms with van der Waals surface area (Å²) >= 11 is 0. The van der Waals surface area contributed by atoms with Gasteiger partial charge >= 0.3 is 6.18 Å². The van der Waals surface area contributed by atoms with E-state index in [1.54, 1.807) is 20.0 Å². The van der Waals surface area contributed by atoms with Crippen molar-refractivity contribution in [3.05, 3.63) is 35.4 Å². The van der Waals surface area contributed by atoms with E-state index >= 15 is 0 Å². The van der Waals surface area contributed by atoms with Crippen LogP contribution in [-0.2, 0) is 12.6 Å². The van der Waals surface area contributed by atoms with E-state index in [9.17, 15) is 13.2 Å². The average molecular weight is 255 g/mol. The Morgan fingerprint density at radius 2 is 2.06 bits per heavy atom. The van der Waals surface area contributed by atoms with Crippen molar-refractivity contribution >= 4 is 0 Å². The van der Waals surface area contributed by atoms with E-state index in [-0.39, 0.29) is 6.04 Å². The highest BCUT2D eigenvalue weighted by molar-refractivity contribution is 5.26. The van der Waals surface area contributed by atoms with E-state index < -0.39 is 11.7 Å². The second-order valence-corrected chi connectivity index (χ2v) is 4.02. The Bertz CT molecular complexity index is 440. The summed E-state index contributed by atoms with van der Waals surface area (Å²) in [7, 11) is 1.79. The summed E-state index contributed by atoms with van der Waals surface area (Å²) in [6.45, 7) is 1.75. The van der Waals surface area contributed by atoms with Crippen LogP contribution >= 0.6 is 0 Å². The Morgan fingerprint density at radius 3 is 2.61 bits per heavy atom. The van der Waals surface area contributed by atoms with Crippen LogP contribution in [0.15, 0.2) is 24.3 Å². The fraction of sp³-hybridized carbons (Fsp3) is 0.429. The quantitative estimate of drug-likeness (QED) is 0.814. The normalized spacial score (nSPS) is 12.7. The third kappa shape index (κ3) is 4.42. The van der Waals surface area contributed by atoms with Crippen LogP contribution in [0.4, 0.5) is 13.2 Å². The number of benzene rings is 1. The van der Waals surface area contributed by atoms with Gasteiger partial charge in [-0.05, 0) is 32.0 Å². The number of hydrogen-bond donors (Lipinski definition) is 1. The van der Waals surface area contributed by atoms with Crippen molar-refractivity contribution in [2.45, 2.75) is 32.0 Å². The molecule has 0 aromatic heterocycles. The van der Waals surface area contributed by atoms with Gasteiger partial charge in [0, 0.05) is 12.5 Å². The van der Waals surface area contributed by atoms with E-state index in [4.69, 9.17) is 0 Å². The molecule has 0 saturated heterocycles. The lowest BCUT2D eigenvalue weighted by molar-refractivity contribution is -0.137. The minimum atomic E-state index is -4.28. The summed E-state index contributed by atoms with van der Waals surface area (Å²) in [6, 6.07) is 5.50. The second-order valence-electron chi connectivity index (χ2n) is 4.02. The van der Waals surface area contributed by atoms with E-state index in [2.05, 4.69) is 17.2 Å². The Balaban J connectivity index is 2.79. The number of likely N-dealkylation sites (N-methyl/N-ethyl adjacent to an activating group) is 1. The number of alkyl halides is 3. The largest absolute Gasteiger partial charge is 0.416 e. The standard InChI is InChI=1S/C14H16F3N/c1-3-4-8-13(18-2)10-11-6-5-7-12(9-11)14(15,16)17/h5-7,9,13,18H,8,10H2,1-2H3. The lowest BCUT2D eigenvalue weighted by Gasteiger charge is -2.14. The Kier molecular flexibility index (Phi) is 5.24. The van der Waals surface area contributed by atoms with Gasteiger partial charge in [0.25, 0.3) is 0 Å². The highest BCUT2D eigenvalue weighted by Gasteiger charge is 2.30. The van der Waals surface area contributed by atoms with Crippen molar-refractivity contribution in [3.63, 3.8) is 0 Å². The van der Waals surface area contributed by atoms with Crippen LogP contribution < -0.4 is 5.32 Å². The minimum absolute atomic E-state index is 0.0703. The maximum Gasteiger partial charge on any atom is 0.416 e. The summed E-state index contributed by atoms with van der Waals surface area (Å²) in [4.78, 5) is 0. The van der Waals surface area contributed by atoms with Crippen LogP contribution in [-0.4, -0.2) is 13.1 Å². The van der Waals surface area contributed by atoms with Crippen molar-refractivity contribution < 1.29 is 13.2 Å². The molecule has 0 saturated carbocycles. The molecule has 0 fully saturated rings. The fourth-order valence-electron chi connectivity index (χ4n) is 1.66. The third-order valence-electron chi connectivity index (χ3n) is 2.67. The molecule has 98 valence electrons. The van der Waals surface area contributed by atoms with Gasteiger partial charge in [-0.3, -0.25) is 0 Å². The van der Waals surface area contributed by atoms with Crippen LogP contribution in [0.3, 0.4) is 0 Å². The zero-order chi connectivity index (χ0) is 13.6. The van der Waals surface area contributed by atoms with Gasteiger partial charge < -0.3 is 5.32 Å².